The molecular weight excluding hydrogens is 234 g/mol. The lowest BCUT2D eigenvalue weighted by Crippen LogP contribution is -2.41. The second-order valence-corrected chi connectivity index (χ2v) is 5.59. The first-order valence-electron chi connectivity index (χ1n) is 6.99. The fourth-order valence-electron chi connectivity index (χ4n) is 2.91. The summed E-state index contributed by atoms with van der Waals surface area (Å²) in [5, 5.41) is 2.50. The third-order valence-corrected chi connectivity index (χ3v) is 4.18. The average molecular weight is 255 g/mol. The van der Waals surface area contributed by atoms with Crippen LogP contribution in [-0.4, -0.2) is 43.1 Å². The number of piperidine rings is 1. The number of anilines is 1. The molecule has 3 heteroatoms. The summed E-state index contributed by atoms with van der Waals surface area (Å²) in [7, 11) is 4.37. The lowest BCUT2D eigenvalue weighted by Gasteiger charge is -2.36. The molecule has 0 N–H and O–H groups in total. The Morgan fingerprint density at radius 1 is 1.11 bits per heavy atom. The Balaban J connectivity index is 1.78. The van der Waals surface area contributed by atoms with E-state index in [1.54, 1.807) is 0 Å². The van der Waals surface area contributed by atoms with Crippen LogP contribution in [0.2, 0.25) is 0 Å². The van der Waals surface area contributed by atoms with Gasteiger partial charge in [-0.05, 0) is 50.5 Å². The van der Waals surface area contributed by atoms with Crippen LogP contribution in [-0.2, 0) is 0 Å². The molecule has 1 aromatic carbocycles. The number of nitrogens with zero attached hydrogens (tertiary/aromatic N) is 3. The third kappa shape index (κ3) is 2.56. The zero-order valence-electron chi connectivity index (χ0n) is 11.7. The van der Waals surface area contributed by atoms with E-state index in [9.17, 15) is 0 Å². The summed E-state index contributed by atoms with van der Waals surface area (Å²) in [5.74, 6) is 0. The Bertz CT molecular complexity index is 557. The van der Waals surface area contributed by atoms with Crippen molar-refractivity contribution in [1.82, 2.24) is 9.88 Å². The number of aromatic nitrogens is 1. The van der Waals surface area contributed by atoms with Gasteiger partial charge in [-0.2, -0.15) is 0 Å². The minimum absolute atomic E-state index is 0.737. The van der Waals surface area contributed by atoms with Gasteiger partial charge in [-0.3, -0.25) is 4.98 Å². The number of fused-ring (bicyclic) bond motifs is 1. The highest BCUT2D eigenvalue weighted by atomic mass is 15.2. The Morgan fingerprint density at radius 3 is 2.63 bits per heavy atom. The molecule has 0 amide bonds. The van der Waals surface area contributed by atoms with Gasteiger partial charge in [0.25, 0.3) is 0 Å². The van der Waals surface area contributed by atoms with Crippen molar-refractivity contribution >= 4 is 16.5 Å². The lowest BCUT2D eigenvalue weighted by atomic mass is 10.0. The molecular formula is C16H21N3. The SMILES string of the molecule is CN(C)C1CCN(c2ccc3cnccc3c2)CC1. The molecule has 1 saturated heterocycles. The van der Waals surface area contributed by atoms with Crippen LogP contribution in [0.25, 0.3) is 10.8 Å². The number of hydrogen-bond acceptors (Lipinski definition) is 3. The summed E-state index contributed by atoms with van der Waals surface area (Å²) in [6.07, 6.45) is 6.30. The van der Waals surface area contributed by atoms with E-state index in [1.807, 2.05) is 12.4 Å². The largest absolute Gasteiger partial charge is 0.371 e. The van der Waals surface area contributed by atoms with Crippen molar-refractivity contribution in [3.63, 3.8) is 0 Å². The Morgan fingerprint density at radius 2 is 1.89 bits per heavy atom. The first-order chi connectivity index (χ1) is 9.24. The molecule has 0 spiro atoms. The van der Waals surface area contributed by atoms with Crippen molar-refractivity contribution in [2.24, 2.45) is 0 Å². The maximum absolute atomic E-state index is 4.17. The highest BCUT2D eigenvalue weighted by molar-refractivity contribution is 5.85. The number of benzene rings is 1. The van der Waals surface area contributed by atoms with Crippen molar-refractivity contribution < 1.29 is 0 Å². The van der Waals surface area contributed by atoms with Gasteiger partial charge in [0.05, 0.1) is 0 Å². The van der Waals surface area contributed by atoms with E-state index in [0.29, 0.717) is 0 Å². The smallest absolute Gasteiger partial charge is 0.0372 e. The van der Waals surface area contributed by atoms with Gasteiger partial charge in [-0.1, -0.05) is 6.07 Å². The van der Waals surface area contributed by atoms with Crippen LogP contribution in [0.5, 0.6) is 0 Å². The molecule has 1 aliphatic rings. The van der Waals surface area contributed by atoms with E-state index >= 15 is 0 Å². The Kier molecular flexibility index (Phi) is 3.38. The molecule has 3 rings (SSSR count). The van der Waals surface area contributed by atoms with Gasteiger partial charge in [0.15, 0.2) is 0 Å². The van der Waals surface area contributed by atoms with Crippen LogP contribution < -0.4 is 4.90 Å². The van der Waals surface area contributed by atoms with Crippen LogP contribution in [0.1, 0.15) is 12.8 Å². The van der Waals surface area contributed by atoms with E-state index in [2.05, 4.69) is 53.1 Å². The maximum atomic E-state index is 4.17. The summed E-state index contributed by atoms with van der Waals surface area (Å²) in [6.45, 7) is 2.30. The van der Waals surface area contributed by atoms with Crippen LogP contribution in [0, 0.1) is 0 Å². The van der Waals surface area contributed by atoms with Crippen molar-refractivity contribution in [3.8, 4) is 0 Å². The molecule has 100 valence electrons. The third-order valence-electron chi connectivity index (χ3n) is 4.18. The van der Waals surface area contributed by atoms with Gasteiger partial charge >= 0.3 is 0 Å². The van der Waals surface area contributed by atoms with Crippen molar-refractivity contribution in [3.05, 3.63) is 36.7 Å². The van der Waals surface area contributed by atoms with E-state index in [-0.39, 0.29) is 0 Å². The zero-order valence-corrected chi connectivity index (χ0v) is 11.7. The molecule has 0 aliphatic carbocycles. The quantitative estimate of drug-likeness (QED) is 0.822. The van der Waals surface area contributed by atoms with Gasteiger partial charge in [0, 0.05) is 42.6 Å². The van der Waals surface area contributed by atoms with Gasteiger partial charge < -0.3 is 9.80 Å². The molecule has 2 aromatic rings. The highest BCUT2D eigenvalue weighted by Crippen LogP contribution is 2.25. The summed E-state index contributed by atoms with van der Waals surface area (Å²) < 4.78 is 0. The van der Waals surface area contributed by atoms with Crippen molar-refractivity contribution in [1.29, 1.82) is 0 Å². The predicted octanol–water partition coefficient (Wildman–Crippen LogP) is 2.77. The molecule has 3 nitrogen and oxygen atoms in total. The molecule has 0 unspecified atom stereocenters. The molecule has 0 atom stereocenters. The normalized spacial score (nSPS) is 17.3. The van der Waals surface area contributed by atoms with Crippen LogP contribution >= 0.6 is 0 Å². The molecule has 1 fully saturated rings. The standard InChI is InChI=1S/C16H21N3/c1-18(2)15-6-9-19(10-7-15)16-4-3-14-12-17-8-5-13(14)11-16/h3-5,8,11-12,15H,6-7,9-10H2,1-2H3. The molecule has 1 aromatic heterocycles. The zero-order chi connectivity index (χ0) is 13.2. The van der Waals surface area contributed by atoms with Gasteiger partial charge in [0.2, 0.25) is 0 Å². The molecule has 1 aliphatic heterocycles. The second-order valence-electron chi connectivity index (χ2n) is 5.59. The Hall–Kier alpha value is -1.61. The van der Waals surface area contributed by atoms with E-state index in [0.717, 1.165) is 19.1 Å². The van der Waals surface area contributed by atoms with Crippen LogP contribution in [0.4, 0.5) is 5.69 Å². The summed E-state index contributed by atoms with van der Waals surface area (Å²) in [5.41, 5.74) is 1.34. The molecule has 0 saturated carbocycles. The molecule has 0 radical (unpaired) electrons. The van der Waals surface area contributed by atoms with E-state index < -0.39 is 0 Å². The van der Waals surface area contributed by atoms with E-state index in [1.165, 1.54) is 29.3 Å². The lowest BCUT2D eigenvalue weighted by molar-refractivity contribution is 0.249. The number of rotatable bonds is 2. The number of hydrogen-bond donors (Lipinski definition) is 0. The molecule has 19 heavy (non-hydrogen) atoms. The summed E-state index contributed by atoms with van der Waals surface area (Å²) in [6, 6.07) is 9.51. The minimum Gasteiger partial charge on any atom is -0.371 e. The van der Waals surface area contributed by atoms with Crippen LogP contribution in [0.15, 0.2) is 36.7 Å². The summed E-state index contributed by atoms with van der Waals surface area (Å²) in [4.78, 5) is 9.02. The van der Waals surface area contributed by atoms with Crippen molar-refractivity contribution in [2.45, 2.75) is 18.9 Å². The van der Waals surface area contributed by atoms with Gasteiger partial charge in [0.1, 0.15) is 0 Å². The minimum atomic E-state index is 0.737. The van der Waals surface area contributed by atoms with Gasteiger partial charge in [-0.25, -0.2) is 0 Å². The molecule has 0 bridgehead atoms. The first-order valence-corrected chi connectivity index (χ1v) is 6.99. The topological polar surface area (TPSA) is 19.4 Å². The van der Waals surface area contributed by atoms with Gasteiger partial charge in [-0.15, -0.1) is 0 Å². The van der Waals surface area contributed by atoms with E-state index in [4.69, 9.17) is 0 Å². The fourth-order valence-corrected chi connectivity index (χ4v) is 2.91. The first kappa shape index (κ1) is 12.4. The average Bonchev–Trinajstić information content (AvgIpc) is 2.47. The second kappa shape index (κ2) is 5.17. The monoisotopic (exact) mass is 255 g/mol. The van der Waals surface area contributed by atoms with Crippen molar-refractivity contribution in [2.75, 3.05) is 32.1 Å². The number of pyridine rings is 1. The highest BCUT2D eigenvalue weighted by Gasteiger charge is 2.20. The maximum Gasteiger partial charge on any atom is 0.0372 e. The fraction of sp³-hybridized carbons (Fsp3) is 0.438. The predicted molar refractivity (Wildman–Crippen MR) is 80.7 cm³/mol. The Labute approximate surface area is 114 Å². The van der Waals surface area contributed by atoms with Crippen LogP contribution in [0.3, 0.4) is 0 Å². The summed E-state index contributed by atoms with van der Waals surface area (Å²) >= 11 is 0. The molecule has 2 heterocycles.